The molecular weight excluding hydrogens is 454 g/mol. The molecule has 3 aliphatic rings. The monoisotopic (exact) mass is 481 g/mol. The summed E-state index contributed by atoms with van der Waals surface area (Å²) in [6.45, 7) is 6.34. The van der Waals surface area contributed by atoms with E-state index in [2.05, 4.69) is 14.7 Å². The first kappa shape index (κ1) is 22.5. The Morgan fingerprint density at radius 3 is 2.79 bits per heavy atom. The van der Waals surface area contributed by atoms with E-state index in [1.807, 2.05) is 20.8 Å². The number of carbonyl (C=O) groups is 1. The van der Waals surface area contributed by atoms with Gasteiger partial charge in [0.1, 0.15) is 18.2 Å². The number of amides is 1. The first-order valence-corrected chi connectivity index (χ1v) is 12.9. The minimum Gasteiger partial charge on any atom is -0.490 e. The van der Waals surface area contributed by atoms with Crippen LogP contribution < -0.4 is 15.8 Å². The van der Waals surface area contributed by atoms with E-state index in [4.69, 9.17) is 15.5 Å². The molecule has 3 N–H and O–H groups in total. The number of ether oxygens (including phenoxy) is 1. The van der Waals surface area contributed by atoms with Crippen LogP contribution in [0.3, 0.4) is 0 Å². The number of hydrogen-bond donors (Lipinski definition) is 2. The van der Waals surface area contributed by atoms with Crippen LogP contribution in [0.25, 0.3) is 0 Å². The number of rotatable bonds is 5. The number of nitrogens with zero attached hydrogens (tertiary/aromatic N) is 3. The number of sulfonamides is 1. The van der Waals surface area contributed by atoms with Gasteiger partial charge in [0.15, 0.2) is 0 Å². The van der Waals surface area contributed by atoms with E-state index in [0.717, 1.165) is 47.5 Å². The topological polar surface area (TPSA) is 136 Å². The summed E-state index contributed by atoms with van der Waals surface area (Å²) in [4.78, 5) is 22.8. The third-order valence-corrected chi connectivity index (χ3v) is 7.49. The van der Waals surface area contributed by atoms with Crippen LogP contribution in [0.5, 0.6) is 5.75 Å². The summed E-state index contributed by atoms with van der Waals surface area (Å²) in [6, 6.07) is 5.14. The number of benzene rings is 1. The molecule has 0 fully saturated rings. The van der Waals surface area contributed by atoms with Gasteiger partial charge >= 0.3 is 0 Å². The van der Waals surface area contributed by atoms with E-state index in [0.29, 0.717) is 29.0 Å². The van der Waals surface area contributed by atoms with Crippen molar-refractivity contribution in [3.05, 3.63) is 57.4 Å². The number of amidine groups is 1. The van der Waals surface area contributed by atoms with Crippen molar-refractivity contribution < 1.29 is 17.9 Å². The fraction of sp³-hybridized carbons (Fsp3) is 0.417. The molecule has 1 amide bonds. The lowest BCUT2D eigenvalue weighted by Crippen LogP contribution is -2.48. The van der Waals surface area contributed by atoms with Gasteiger partial charge in [0.2, 0.25) is 0 Å². The molecule has 2 aliphatic heterocycles. The number of nitrogens with one attached hydrogen (secondary N) is 1. The summed E-state index contributed by atoms with van der Waals surface area (Å²) in [7, 11) is -3.63. The second-order valence-electron chi connectivity index (χ2n) is 9.61. The highest BCUT2D eigenvalue weighted by Gasteiger charge is 2.33. The highest BCUT2D eigenvalue weighted by molar-refractivity contribution is 7.89. The van der Waals surface area contributed by atoms with E-state index in [-0.39, 0.29) is 24.1 Å². The maximum absolute atomic E-state index is 13.5. The van der Waals surface area contributed by atoms with Gasteiger partial charge in [0.05, 0.1) is 34.7 Å². The zero-order valence-electron chi connectivity index (χ0n) is 19.4. The smallest absolute Gasteiger partial charge is 0.259 e. The molecule has 1 aliphatic carbocycles. The van der Waals surface area contributed by atoms with Crippen LogP contribution in [0.2, 0.25) is 0 Å². The molecule has 2 aromatic rings. The molecule has 0 atom stereocenters. The Labute approximate surface area is 198 Å². The second-order valence-corrected chi connectivity index (χ2v) is 11.2. The molecule has 34 heavy (non-hydrogen) atoms. The lowest BCUT2D eigenvalue weighted by atomic mass is 9.95. The van der Waals surface area contributed by atoms with Crippen molar-refractivity contribution in [2.45, 2.75) is 57.9 Å². The van der Waals surface area contributed by atoms with Crippen LogP contribution >= 0.6 is 0 Å². The maximum Gasteiger partial charge on any atom is 0.259 e. The van der Waals surface area contributed by atoms with Crippen LogP contribution in [0.4, 0.5) is 0 Å². The van der Waals surface area contributed by atoms with Gasteiger partial charge in [-0.25, -0.2) is 8.42 Å². The summed E-state index contributed by atoms with van der Waals surface area (Å²) < 4.78 is 33.5. The van der Waals surface area contributed by atoms with Gasteiger partial charge in [-0.1, -0.05) is 12.1 Å². The minimum absolute atomic E-state index is 0.0867. The fourth-order valence-electron chi connectivity index (χ4n) is 4.86. The Hall–Kier alpha value is -3.27. The third kappa shape index (κ3) is 3.96. The molecule has 1 aromatic heterocycles. The number of fused-ring (bicyclic) bond motifs is 3. The number of aromatic nitrogens is 1. The van der Waals surface area contributed by atoms with Crippen molar-refractivity contribution in [3.63, 3.8) is 0 Å². The minimum atomic E-state index is -3.63. The Bertz CT molecular complexity index is 1390. The molecule has 0 saturated carbocycles. The SMILES string of the molecule is CC1=NCc2nc3c(c(C(=O)NC(C)(C)COc4cccc5c4C(N)=NS(=O)(=O)C5)c21)CCC3. The van der Waals surface area contributed by atoms with Gasteiger partial charge < -0.3 is 15.8 Å². The number of aliphatic imine (C=N–C) groups is 1. The highest BCUT2D eigenvalue weighted by atomic mass is 32.2. The van der Waals surface area contributed by atoms with Crippen molar-refractivity contribution in [2.24, 2.45) is 15.1 Å². The fourth-order valence-corrected chi connectivity index (χ4v) is 5.95. The molecule has 0 spiro atoms. The number of pyridine rings is 1. The lowest BCUT2D eigenvalue weighted by molar-refractivity contribution is 0.0879. The number of nitrogens with two attached hydrogens (primary N) is 1. The Kier molecular flexibility index (Phi) is 5.23. The Balaban J connectivity index is 1.38. The standard InChI is InChI=1S/C24H27N5O4S/c1-13-19-17(10-26-13)27-16-8-5-7-15(16)21(19)23(30)28-24(2,3)12-33-18-9-4-6-14-11-34(31,32)29-22(25)20(14)18/h4,6,9H,5,7-8,10-12H2,1-3H3,(H2,25,29)(H,28,30). The summed E-state index contributed by atoms with van der Waals surface area (Å²) in [6.07, 6.45) is 2.71. The van der Waals surface area contributed by atoms with Gasteiger partial charge in [0, 0.05) is 17.0 Å². The molecule has 0 unspecified atom stereocenters. The van der Waals surface area contributed by atoms with Gasteiger partial charge in [-0.3, -0.25) is 14.8 Å². The maximum atomic E-state index is 13.5. The van der Waals surface area contributed by atoms with Gasteiger partial charge in [-0.2, -0.15) is 0 Å². The van der Waals surface area contributed by atoms with E-state index in [1.165, 1.54) is 0 Å². The molecule has 10 heteroatoms. The van der Waals surface area contributed by atoms with Gasteiger partial charge in [-0.15, -0.1) is 4.40 Å². The molecule has 0 bridgehead atoms. The van der Waals surface area contributed by atoms with E-state index < -0.39 is 15.6 Å². The molecule has 3 heterocycles. The largest absolute Gasteiger partial charge is 0.490 e. The average Bonchev–Trinajstić information content (AvgIpc) is 3.35. The summed E-state index contributed by atoms with van der Waals surface area (Å²) in [5.74, 6) is -0.0374. The number of hydrogen-bond acceptors (Lipinski definition) is 7. The number of aryl methyl sites for hydroxylation is 1. The first-order chi connectivity index (χ1) is 16.0. The molecule has 9 nitrogen and oxygen atoms in total. The van der Waals surface area contributed by atoms with Crippen molar-refractivity contribution >= 4 is 27.5 Å². The molecule has 5 rings (SSSR count). The summed E-state index contributed by atoms with van der Waals surface area (Å²) in [5.41, 5.74) is 11.5. The van der Waals surface area contributed by atoms with Crippen LogP contribution in [0.15, 0.2) is 27.6 Å². The highest BCUT2D eigenvalue weighted by Crippen LogP contribution is 2.32. The quantitative estimate of drug-likeness (QED) is 0.671. The Morgan fingerprint density at radius 2 is 2.00 bits per heavy atom. The first-order valence-electron chi connectivity index (χ1n) is 11.3. The summed E-state index contributed by atoms with van der Waals surface area (Å²) in [5, 5.41) is 3.12. The van der Waals surface area contributed by atoms with Crippen LogP contribution in [-0.4, -0.2) is 43.0 Å². The van der Waals surface area contributed by atoms with Gasteiger partial charge in [-0.05, 0) is 57.2 Å². The predicted molar refractivity (Wildman–Crippen MR) is 129 cm³/mol. The van der Waals surface area contributed by atoms with E-state index in [9.17, 15) is 13.2 Å². The van der Waals surface area contributed by atoms with Crippen molar-refractivity contribution in [2.75, 3.05) is 6.61 Å². The van der Waals surface area contributed by atoms with Crippen molar-refractivity contribution in [3.8, 4) is 5.75 Å². The molecule has 178 valence electrons. The van der Waals surface area contributed by atoms with Crippen LogP contribution in [0, 0.1) is 0 Å². The molecular formula is C24H27N5O4S. The molecule has 0 radical (unpaired) electrons. The molecule has 1 aromatic carbocycles. The number of carbonyl (C=O) groups excluding carboxylic acids is 1. The predicted octanol–water partition coefficient (Wildman–Crippen LogP) is 2.03. The van der Waals surface area contributed by atoms with Crippen molar-refractivity contribution in [1.29, 1.82) is 0 Å². The van der Waals surface area contributed by atoms with Crippen molar-refractivity contribution in [1.82, 2.24) is 10.3 Å². The average molecular weight is 482 g/mol. The summed E-state index contributed by atoms with van der Waals surface area (Å²) >= 11 is 0. The zero-order valence-corrected chi connectivity index (χ0v) is 20.3. The van der Waals surface area contributed by atoms with Crippen LogP contribution in [-0.2, 0) is 35.2 Å². The second kappa shape index (κ2) is 7.90. The molecule has 0 saturated heterocycles. The lowest BCUT2D eigenvalue weighted by Gasteiger charge is -2.28. The van der Waals surface area contributed by atoms with E-state index >= 15 is 0 Å². The van der Waals surface area contributed by atoms with E-state index in [1.54, 1.807) is 18.2 Å². The third-order valence-electron chi connectivity index (χ3n) is 6.34. The Morgan fingerprint density at radius 1 is 1.21 bits per heavy atom. The zero-order chi connectivity index (χ0) is 24.3. The van der Waals surface area contributed by atoms with Gasteiger partial charge in [0.25, 0.3) is 15.9 Å². The van der Waals surface area contributed by atoms with Crippen LogP contribution in [0.1, 0.15) is 71.2 Å². The normalized spacial score (nSPS) is 17.9.